The Morgan fingerprint density at radius 1 is 0.958 bits per heavy atom. The van der Waals surface area contributed by atoms with Crippen molar-refractivity contribution in [3.63, 3.8) is 0 Å². The predicted molar refractivity (Wildman–Crippen MR) is 99.6 cm³/mol. The van der Waals surface area contributed by atoms with Crippen LogP contribution >= 0.6 is 0 Å². The van der Waals surface area contributed by atoms with Gasteiger partial charge in [-0.15, -0.1) is 0 Å². The number of ether oxygens (including phenoxy) is 2. The highest BCUT2D eigenvalue weighted by Gasteiger charge is 2.08. The summed E-state index contributed by atoms with van der Waals surface area (Å²) in [7, 11) is 1.68. The number of methoxy groups -OCH3 is 1. The van der Waals surface area contributed by atoms with Gasteiger partial charge in [-0.25, -0.2) is 0 Å². The molecule has 0 radical (unpaired) electrons. The summed E-state index contributed by atoms with van der Waals surface area (Å²) in [6, 6.07) is 19.5. The van der Waals surface area contributed by atoms with Gasteiger partial charge in [-0.05, 0) is 49.1 Å². The quantitative estimate of drug-likeness (QED) is 0.621. The molecule has 2 aromatic carbocycles. The molecular weight excluding hydrogens is 298 g/mol. The van der Waals surface area contributed by atoms with Gasteiger partial charge in [-0.2, -0.15) is 0 Å². The van der Waals surface area contributed by atoms with Gasteiger partial charge in [0.05, 0.1) is 6.61 Å². The number of benzene rings is 2. The lowest BCUT2D eigenvalue weighted by Crippen LogP contribution is -2.22. The highest BCUT2D eigenvalue weighted by molar-refractivity contribution is 5.29. The highest BCUT2D eigenvalue weighted by atomic mass is 16.5. The molecule has 0 saturated carbocycles. The smallest absolute Gasteiger partial charge is 0.119 e. The summed E-state index contributed by atoms with van der Waals surface area (Å²) in [6.45, 7) is 4.45. The van der Waals surface area contributed by atoms with Crippen molar-refractivity contribution < 1.29 is 9.47 Å². The topological polar surface area (TPSA) is 30.5 Å². The zero-order chi connectivity index (χ0) is 17.0. The minimum atomic E-state index is 0.397. The molecule has 24 heavy (non-hydrogen) atoms. The van der Waals surface area contributed by atoms with Gasteiger partial charge >= 0.3 is 0 Å². The molecule has 0 heterocycles. The van der Waals surface area contributed by atoms with E-state index >= 15 is 0 Å². The van der Waals surface area contributed by atoms with E-state index in [1.165, 1.54) is 11.1 Å². The Balaban J connectivity index is 1.76. The molecule has 0 bridgehead atoms. The fraction of sp³-hybridized carbons (Fsp3) is 0.429. The van der Waals surface area contributed by atoms with E-state index in [9.17, 15) is 0 Å². The summed E-state index contributed by atoms with van der Waals surface area (Å²) in [6.07, 6.45) is 3.35. The van der Waals surface area contributed by atoms with Crippen LogP contribution in [0.5, 0.6) is 5.75 Å². The standard InChI is InChI=1S/C21H29NO2/c1-3-21(22-15-7-10-18-8-5-4-6-9-18)19-11-13-20(14-12-19)24-17-16-23-2/h4-6,8-9,11-14,21-22H,3,7,10,15-17H2,1-2H3. The Morgan fingerprint density at radius 2 is 1.71 bits per heavy atom. The molecule has 0 aliphatic carbocycles. The molecule has 1 N–H and O–H groups in total. The summed E-state index contributed by atoms with van der Waals surface area (Å²) in [5.74, 6) is 0.898. The molecule has 3 nitrogen and oxygen atoms in total. The lowest BCUT2D eigenvalue weighted by atomic mass is 10.0. The Labute approximate surface area is 146 Å². The zero-order valence-electron chi connectivity index (χ0n) is 14.8. The normalized spacial score (nSPS) is 12.1. The fourth-order valence-corrected chi connectivity index (χ4v) is 2.75. The Hall–Kier alpha value is -1.84. The lowest BCUT2D eigenvalue weighted by molar-refractivity contribution is 0.146. The predicted octanol–water partition coefficient (Wildman–Crippen LogP) is 4.39. The minimum Gasteiger partial charge on any atom is -0.491 e. The van der Waals surface area contributed by atoms with Crippen LogP contribution in [0.4, 0.5) is 0 Å². The number of rotatable bonds is 11. The molecule has 0 aromatic heterocycles. The Bertz CT molecular complexity index is 554. The second-order valence-electron chi connectivity index (χ2n) is 5.91. The molecule has 0 spiro atoms. The van der Waals surface area contributed by atoms with Gasteiger partial charge in [-0.1, -0.05) is 49.4 Å². The van der Waals surface area contributed by atoms with E-state index in [1.807, 2.05) is 12.1 Å². The van der Waals surface area contributed by atoms with Gasteiger partial charge in [0, 0.05) is 13.2 Å². The van der Waals surface area contributed by atoms with Crippen LogP contribution in [-0.4, -0.2) is 26.9 Å². The van der Waals surface area contributed by atoms with Crippen molar-refractivity contribution in [2.24, 2.45) is 0 Å². The molecular formula is C21H29NO2. The molecule has 130 valence electrons. The van der Waals surface area contributed by atoms with Crippen molar-refractivity contribution in [2.45, 2.75) is 32.2 Å². The number of nitrogens with one attached hydrogen (secondary N) is 1. The maximum Gasteiger partial charge on any atom is 0.119 e. The van der Waals surface area contributed by atoms with Gasteiger partial charge < -0.3 is 14.8 Å². The summed E-state index contributed by atoms with van der Waals surface area (Å²) in [4.78, 5) is 0. The second-order valence-corrected chi connectivity index (χ2v) is 5.91. The first kappa shape index (κ1) is 18.5. The van der Waals surface area contributed by atoms with E-state index in [0.29, 0.717) is 19.3 Å². The molecule has 0 aliphatic rings. The number of hydrogen-bond donors (Lipinski definition) is 1. The van der Waals surface area contributed by atoms with Gasteiger partial charge in [-0.3, -0.25) is 0 Å². The molecule has 0 amide bonds. The first-order chi connectivity index (χ1) is 11.8. The fourth-order valence-electron chi connectivity index (χ4n) is 2.75. The summed E-state index contributed by atoms with van der Waals surface area (Å²) in [5.41, 5.74) is 2.72. The van der Waals surface area contributed by atoms with Crippen LogP contribution in [0.25, 0.3) is 0 Å². The van der Waals surface area contributed by atoms with E-state index in [2.05, 4.69) is 54.7 Å². The highest BCUT2D eigenvalue weighted by Crippen LogP contribution is 2.20. The van der Waals surface area contributed by atoms with E-state index in [-0.39, 0.29) is 0 Å². The van der Waals surface area contributed by atoms with Crippen molar-refractivity contribution in [3.8, 4) is 5.75 Å². The third-order valence-electron chi connectivity index (χ3n) is 4.12. The van der Waals surface area contributed by atoms with E-state index < -0.39 is 0 Å². The third-order valence-corrected chi connectivity index (χ3v) is 4.12. The largest absolute Gasteiger partial charge is 0.491 e. The van der Waals surface area contributed by atoms with Gasteiger partial charge in [0.15, 0.2) is 0 Å². The molecule has 1 unspecified atom stereocenters. The summed E-state index contributed by atoms with van der Waals surface area (Å²) < 4.78 is 10.6. The third kappa shape index (κ3) is 6.34. The number of aryl methyl sites for hydroxylation is 1. The van der Waals surface area contributed by atoms with Crippen LogP contribution < -0.4 is 10.1 Å². The molecule has 0 saturated heterocycles. The molecule has 3 heteroatoms. The van der Waals surface area contributed by atoms with Crippen LogP contribution in [-0.2, 0) is 11.2 Å². The average molecular weight is 327 g/mol. The van der Waals surface area contributed by atoms with Crippen LogP contribution in [0.2, 0.25) is 0 Å². The zero-order valence-corrected chi connectivity index (χ0v) is 14.8. The lowest BCUT2D eigenvalue weighted by Gasteiger charge is -2.18. The van der Waals surface area contributed by atoms with Crippen LogP contribution in [0.3, 0.4) is 0 Å². The first-order valence-electron chi connectivity index (χ1n) is 8.82. The number of hydrogen-bond acceptors (Lipinski definition) is 3. The molecule has 1 atom stereocenters. The average Bonchev–Trinajstić information content (AvgIpc) is 2.64. The maximum absolute atomic E-state index is 5.62. The van der Waals surface area contributed by atoms with Crippen molar-refractivity contribution >= 4 is 0 Å². The van der Waals surface area contributed by atoms with Crippen molar-refractivity contribution in [1.29, 1.82) is 0 Å². The van der Waals surface area contributed by atoms with Crippen LogP contribution in [0.1, 0.15) is 36.9 Å². The van der Waals surface area contributed by atoms with E-state index in [0.717, 1.165) is 31.6 Å². The van der Waals surface area contributed by atoms with Gasteiger partial charge in [0.2, 0.25) is 0 Å². The summed E-state index contributed by atoms with van der Waals surface area (Å²) in [5, 5.41) is 3.67. The summed E-state index contributed by atoms with van der Waals surface area (Å²) >= 11 is 0. The van der Waals surface area contributed by atoms with Crippen molar-refractivity contribution in [1.82, 2.24) is 5.32 Å². The van der Waals surface area contributed by atoms with Crippen LogP contribution in [0, 0.1) is 0 Å². The van der Waals surface area contributed by atoms with E-state index in [1.54, 1.807) is 7.11 Å². The molecule has 0 aliphatic heterocycles. The first-order valence-corrected chi connectivity index (χ1v) is 8.82. The maximum atomic E-state index is 5.62. The van der Waals surface area contributed by atoms with E-state index in [4.69, 9.17) is 9.47 Å². The van der Waals surface area contributed by atoms with Crippen molar-refractivity contribution in [3.05, 3.63) is 65.7 Å². The Morgan fingerprint density at radius 3 is 2.38 bits per heavy atom. The molecule has 2 rings (SSSR count). The monoisotopic (exact) mass is 327 g/mol. The Kier molecular flexibility index (Phi) is 8.36. The minimum absolute atomic E-state index is 0.397. The molecule has 0 fully saturated rings. The second kappa shape index (κ2) is 10.8. The van der Waals surface area contributed by atoms with Crippen molar-refractivity contribution in [2.75, 3.05) is 26.9 Å². The van der Waals surface area contributed by atoms with Gasteiger partial charge in [0.1, 0.15) is 12.4 Å². The van der Waals surface area contributed by atoms with Crippen LogP contribution in [0.15, 0.2) is 54.6 Å². The SMILES string of the molecule is CCC(NCCCc1ccccc1)c1ccc(OCCOC)cc1. The molecule has 2 aromatic rings. The van der Waals surface area contributed by atoms with Gasteiger partial charge in [0.25, 0.3) is 0 Å².